The number of hydrogen-bond donors (Lipinski definition) is 3. The molecular formula is C17H23NO6. The SMILES string of the molecule is COc1cc(C2(C(=O)O)CC(O)C2)ccc1NC(=O)OC(C)(C)C. The van der Waals surface area contributed by atoms with Gasteiger partial charge in [-0.05, 0) is 51.3 Å². The number of carbonyl (C=O) groups is 2. The van der Waals surface area contributed by atoms with Crippen LogP contribution in [0.5, 0.6) is 5.75 Å². The number of carbonyl (C=O) groups excluding carboxylic acids is 1. The van der Waals surface area contributed by atoms with Gasteiger partial charge < -0.3 is 19.7 Å². The molecule has 0 heterocycles. The van der Waals surface area contributed by atoms with Gasteiger partial charge in [-0.3, -0.25) is 10.1 Å². The zero-order valence-corrected chi connectivity index (χ0v) is 14.3. The van der Waals surface area contributed by atoms with E-state index in [4.69, 9.17) is 9.47 Å². The third-order valence-corrected chi connectivity index (χ3v) is 3.97. The van der Waals surface area contributed by atoms with Gasteiger partial charge in [-0.15, -0.1) is 0 Å². The second-order valence-electron chi connectivity index (χ2n) is 6.99. The molecule has 1 aromatic rings. The maximum Gasteiger partial charge on any atom is 0.412 e. The lowest BCUT2D eigenvalue weighted by molar-refractivity contribution is -0.152. The molecule has 7 nitrogen and oxygen atoms in total. The third-order valence-electron chi connectivity index (χ3n) is 3.97. The number of ether oxygens (including phenoxy) is 2. The summed E-state index contributed by atoms with van der Waals surface area (Å²) < 4.78 is 10.5. The molecule has 1 saturated carbocycles. The van der Waals surface area contributed by atoms with Crippen molar-refractivity contribution in [1.29, 1.82) is 0 Å². The van der Waals surface area contributed by atoms with Crippen molar-refractivity contribution in [2.24, 2.45) is 0 Å². The molecule has 1 fully saturated rings. The van der Waals surface area contributed by atoms with E-state index >= 15 is 0 Å². The summed E-state index contributed by atoms with van der Waals surface area (Å²) in [5.41, 5.74) is -0.827. The monoisotopic (exact) mass is 337 g/mol. The Morgan fingerprint density at radius 1 is 1.29 bits per heavy atom. The first-order valence-corrected chi connectivity index (χ1v) is 7.67. The summed E-state index contributed by atoms with van der Waals surface area (Å²) in [4.78, 5) is 23.5. The zero-order valence-electron chi connectivity index (χ0n) is 14.3. The number of aliphatic hydroxyl groups excluding tert-OH is 1. The van der Waals surface area contributed by atoms with E-state index in [1.165, 1.54) is 7.11 Å². The Labute approximate surface area is 140 Å². The van der Waals surface area contributed by atoms with E-state index in [1.54, 1.807) is 39.0 Å². The molecule has 0 atom stereocenters. The van der Waals surface area contributed by atoms with Crippen LogP contribution in [-0.4, -0.2) is 41.1 Å². The van der Waals surface area contributed by atoms with Gasteiger partial charge in [-0.25, -0.2) is 4.79 Å². The van der Waals surface area contributed by atoms with Crippen LogP contribution in [-0.2, 0) is 14.9 Å². The number of carboxylic acid groups (broad SMARTS) is 1. The second-order valence-corrected chi connectivity index (χ2v) is 6.99. The minimum Gasteiger partial charge on any atom is -0.495 e. The Bertz CT molecular complexity index is 643. The van der Waals surface area contributed by atoms with Crippen molar-refractivity contribution in [3.63, 3.8) is 0 Å². The lowest BCUT2D eigenvalue weighted by Gasteiger charge is -2.42. The van der Waals surface area contributed by atoms with Crippen molar-refractivity contribution >= 4 is 17.7 Å². The minimum atomic E-state index is -1.11. The van der Waals surface area contributed by atoms with Crippen LogP contribution in [0, 0.1) is 0 Å². The standard InChI is InChI=1S/C17H23NO6/c1-16(2,3)24-15(22)18-12-6-5-10(7-13(12)23-4)17(14(20)21)8-11(19)9-17/h5-7,11,19H,8-9H2,1-4H3,(H,18,22)(H,20,21). The first-order valence-electron chi connectivity index (χ1n) is 7.67. The van der Waals surface area contributed by atoms with E-state index in [2.05, 4.69) is 5.32 Å². The van der Waals surface area contributed by atoms with Crippen LogP contribution in [0.3, 0.4) is 0 Å². The van der Waals surface area contributed by atoms with Gasteiger partial charge in [0.2, 0.25) is 0 Å². The number of hydrogen-bond acceptors (Lipinski definition) is 5. The predicted molar refractivity (Wildman–Crippen MR) is 87.4 cm³/mol. The predicted octanol–water partition coefficient (Wildman–Crippen LogP) is 2.52. The lowest BCUT2D eigenvalue weighted by atomic mass is 9.62. The summed E-state index contributed by atoms with van der Waals surface area (Å²) in [5, 5.41) is 21.6. The fourth-order valence-corrected chi connectivity index (χ4v) is 2.78. The molecule has 0 bridgehead atoms. The molecule has 0 radical (unpaired) electrons. The van der Waals surface area contributed by atoms with Gasteiger partial charge in [0.15, 0.2) is 0 Å². The highest BCUT2D eigenvalue weighted by atomic mass is 16.6. The van der Waals surface area contributed by atoms with Crippen LogP contribution in [0.25, 0.3) is 0 Å². The molecule has 0 unspecified atom stereocenters. The number of amides is 1. The van der Waals surface area contributed by atoms with Gasteiger partial charge in [-0.2, -0.15) is 0 Å². The van der Waals surface area contributed by atoms with Crippen molar-refractivity contribution in [3.05, 3.63) is 23.8 Å². The molecule has 0 aliphatic heterocycles. The van der Waals surface area contributed by atoms with Gasteiger partial charge in [0.1, 0.15) is 11.4 Å². The van der Waals surface area contributed by atoms with Gasteiger partial charge in [0.25, 0.3) is 0 Å². The molecule has 1 aromatic carbocycles. The van der Waals surface area contributed by atoms with Crippen LogP contribution >= 0.6 is 0 Å². The highest BCUT2D eigenvalue weighted by Gasteiger charge is 2.51. The number of carboxylic acids is 1. The Morgan fingerprint density at radius 2 is 1.92 bits per heavy atom. The minimum absolute atomic E-state index is 0.157. The summed E-state index contributed by atoms with van der Waals surface area (Å²) in [6.07, 6.45) is -0.929. The average molecular weight is 337 g/mol. The fourth-order valence-electron chi connectivity index (χ4n) is 2.78. The number of aliphatic hydroxyl groups is 1. The van der Waals surface area contributed by atoms with E-state index in [9.17, 15) is 19.8 Å². The zero-order chi connectivity index (χ0) is 18.1. The molecule has 0 spiro atoms. The van der Waals surface area contributed by atoms with Crippen LogP contribution in [0.15, 0.2) is 18.2 Å². The highest BCUT2D eigenvalue weighted by molar-refractivity contribution is 5.88. The molecular weight excluding hydrogens is 314 g/mol. The van der Waals surface area contributed by atoms with Crippen LogP contribution in [0.4, 0.5) is 10.5 Å². The average Bonchev–Trinajstić information content (AvgIpc) is 2.41. The van der Waals surface area contributed by atoms with Gasteiger partial charge in [0.05, 0.1) is 24.3 Å². The van der Waals surface area contributed by atoms with Crippen molar-refractivity contribution in [3.8, 4) is 5.75 Å². The van der Waals surface area contributed by atoms with E-state index in [0.717, 1.165) is 0 Å². The molecule has 1 aliphatic carbocycles. The number of methoxy groups -OCH3 is 1. The molecule has 24 heavy (non-hydrogen) atoms. The Kier molecular flexibility index (Phi) is 4.75. The van der Waals surface area contributed by atoms with Crippen molar-refractivity contribution in [2.45, 2.75) is 50.7 Å². The topological polar surface area (TPSA) is 105 Å². The number of nitrogens with one attached hydrogen (secondary N) is 1. The lowest BCUT2D eigenvalue weighted by Crippen LogP contribution is -2.50. The van der Waals surface area contributed by atoms with Crippen LogP contribution in [0.1, 0.15) is 39.2 Å². The molecule has 2 rings (SSSR count). The summed E-state index contributed by atoms with van der Waals surface area (Å²) in [5.74, 6) is -0.650. The number of benzene rings is 1. The third kappa shape index (κ3) is 3.62. The normalized spacial score (nSPS) is 23.1. The van der Waals surface area contributed by atoms with E-state index in [-0.39, 0.29) is 12.8 Å². The fraction of sp³-hybridized carbons (Fsp3) is 0.529. The molecule has 1 aliphatic rings. The summed E-state index contributed by atoms with van der Waals surface area (Å²) in [7, 11) is 1.43. The van der Waals surface area contributed by atoms with Gasteiger partial charge >= 0.3 is 12.1 Å². The van der Waals surface area contributed by atoms with Crippen molar-refractivity contribution < 1.29 is 29.3 Å². The van der Waals surface area contributed by atoms with Gasteiger partial charge in [0, 0.05) is 0 Å². The number of aliphatic carboxylic acids is 1. The highest BCUT2D eigenvalue weighted by Crippen LogP contribution is 2.46. The Balaban J connectivity index is 2.25. The second kappa shape index (κ2) is 6.32. The molecule has 3 N–H and O–H groups in total. The van der Waals surface area contributed by atoms with E-state index in [1.807, 2.05) is 0 Å². The quantitative estimate of drug-likeness (QED) is 0.780. The maximum atomic E-state index is 11.9. The first-order chi connectivity index (χ1) is 11.1. The Hall–Kier alpha value is -2.28. The Morgan fingerprint density at radius 3 is 2.38 bits per heavy atom. The maximum absolute atomic E-state index is 11.9. The van der Waals surface area contributed by atoms with Crippen LogP contribution in [0.2, 0.25) is 0 Å². The van der Waals surface area contributed by atoms with Crippen molar-refractivity contribution in [2.75, 3.05) is 12.4 Å². The van der Waals surface area contributed by atoms with Crippen molar-refractivity contribution in [1.82, 2.24) is 0 Å². The largest absolute Gasteiger partial charge is 0.495 e. The molecule has 132 valence electrons. The number of anilines is 1. The molecule has 7 heteroatoms. The smallest absolute Gasteiger partial charge is 0.412 e. The molecule has 1 amide bonds. The first kappa shape index (κ1) is 18.1. The summed E-state index contributed by atoms with van der Waals surface area (Å²) >= 11 is 0. The molecule has 0 saturated heterocycles. The molecule has 0 aromatic heterocycles. The van der Waals surface area contributed by atoms with E-state index < -0.39 is 29.2 Å². The summed E-state index contributed by atoms with van der Waals surface area (Å²) in [6.45, 7) is 5.27. The summed E-state index contributed by atoms with van der Waals surface area (Å²) in [6, 6.07) is 4.77. The van der Waals surface area contributed by atoms with Gasteiger partial charge in [-0.1, -0.05) is 6.07 Å². The van der Waals surface area contributed by atoms with E-state index in [0.29, 0.717) is 17.0 Å². The van der Waals surface area contributed by atoms with Crippen LogP contribution < -0.4 is 10.1 Å². The number of rotatable bonds is 4.